The Hall–Kier alpha value is -3.79. The number of nitrogens with two attached hydrogens (primary N) is 2. The number of anilines is 2. The maximum atomic E-state index is 13.1. The monoisotopic (exact) mass is 474 g/mol. The molecular formula is C24H26N8OS. The standard InChI is InChI=1S/C24H26N8OS/c1-13-10-11-15-14(12-13)20(28-16-6-2-3-7-17(16)29-23(25)26)31-21(27-15)22(33)32-24-30-18-8-4-5-9-19(18)34-24/h4-5,8-12,16-17H,2-3,6-7H2,1H3,(H4,25,26,29)(H,27,28,31)(H,30,32,33). The average molecular weight is 475 g/mol. The summed E-state index contributed by atoms with van der Waals surface area (Å²) in [5.74, 6) is 0.352. The second-order valence-electron chi connectivity index (χ2n) is 8.51. The number of carbonyl (C=O) groups is 1. The van der Waals surface area contributed by atoms with Crippen LogP contribution in [0.4, 0.5) is 10.9 Å². The number of para-hydroxylation sites is 1. The summed E-state index contributed by atoms with van der Waals surface area (Å²) >= 11 is 1.41. The SMILES string of the molecule is Cc1ccc2nc(C(=O)Nc3nc4ccccc4s3)nc(NC3CCCCC3N=C(N)N)c2c1. The van der Waals surface area contributed by atoms with E-state index in [1.165, 1.54) is 11.3 Å². The Morgan fingerprint density at radius 1 is 1.06 bits per heavy atom. The van der Waals surface area contributed by atoms with Gasteiger partial charge in [0.15, 0.2) is 11.1 Å². The molecule has 1 aliphatic rings. The van der Waals surface area contributed by atoms with Gasteiger partial charge < -0.3 is 16.8 Å². The zero-order valence-electron chi connectivity index (χ0n) is 18.8. The van der Waals surface area contributed by atoms with Crippen LogP contribution in [0.5, 0.6) is 0 Å². The van der Waals surface area contributed by atoms with Gasteiger partial charge in [0.1, 0.15) is 5.82 Å². The molecule has 5 rings (SSSR count). The second kappa shape index (κ2) is 9.22. The van der Waals surface area contributed by atoms with Crippen molar-refractivity contribution in [3.63, 3.8) is 0 Å². The van der Waals surface area contributed by atoms with Crippen LogP contribution >= 0.6 is 11.3 Å². The van der Waals surface area contributed by atoms with Gasteiger partial charge in [0, 0.05) is 5.39 Å². The highest BCUT2D eigenvalue weighted by atomic mass is 32.1. The molecule has 1 amide bonds. The van der Waals surface area contributed by atoms with Crippen LogP contribution in [0.3, 0.4) is 0 Å². The number of carbonyl (C=O) groups excluding carboxylic acids is 1. The minimum Gasteiger partial charge on any atom is -0.370 e. The van der Waals surface area contributed by atoms with Crippen molar-refractivity contribution in [2.45, 2.75) is 44.7 Å². The van der Waals surface area contributed by atoms with Crippen molar-refractivity contribution in [3.05, 3.63) is 53.9 Å². The Morgan fingerprint density at radius 3 is 2.71 bits per heavy atom. The van der Waals surface area contributed by atoms with E-state index in [2.05, 4.69) is 30.6 Å². The fraction of sp³-hybridized carbons (Fsp3) is 0.292. The van der Waals surface area contributed by atoms with E-state index < -0.39 is 5.91 Å². The minimum absolute atomic E-state index is 0.00892. The first kappa shape index (κ1) is 22.0. The van der Waals surface area contributed by atoms with Crippen LogP contribution < -0.4 is 22.1 Å². The summed E-state index contributed by atoms with van der Waals surface area (Å²) in [6.45, 7) is 2.01. The first-order valence-corrected chi connectivity index (χ1v) is 12.1. The van der Waals surface area contributed by atoms with Gasteiger partial charge in [-0.05, 0) is 44.0 Å². The van der Waals surface area contributed by atoms with E-state index in [4.69, 9.17) is 11.5 Å². The van der Waals surface area contributed by atoms with Crippen molar-refractivity contribution >= 4 is 55.3 Å². The molecule has 0 radical (unpaired) electrons. The van der Waals surface area contributed by atoms with Gasteiger partial charge in [-0.3, -0.25) is 10.1 Å². The molecule has 2 unspecified atom stereocenters. The van der Waals surface area contributed by atoms with Crippen molar-refractivity contribution in [1.82, 2.24) is 15.0 Å². The zero-order chi connectivity index (χ0) is 23.7. The molecule has 0 spiro atoms. The molecule has 2 aromatic carbocycles. The Balaban J connectivity index is 1.48. The number of aromatic nitrogens is 3. The number of rotatable bonds is 5. The molecule has 4 aromatic rings. The van der Waals surface area contributed by atoms with Crippen molar-refractivity contribution < 1.29 is 4.79 Å². The van der Waals surface area contributed by atoms with Gasteiger partial charge in [-0.25, -0.2) is 19.9 Å². The van der Waals surface area contributed by atoms with Gasteiger partial charge in [-0.1, -0.05) is 47.9 Å². The number of nitrogens with one attached hydrogen (secondary N) is 2. The number of guanidine groups is 1. The first-order valence-electron chi connectivity index (χ1n) is 11.3. The predicted molar refractivity (Wildman–Crippen MR) is 137 cm³/mol. The summed E-state index contributed by atoms with van der Waals surface area (Å²) in [4.78, 5) is 31.2. The summed E-state index contributed by atoms with van der Waals surface area (Å²) < 4.78 is 0.998. The summed E-state index contributed by atoms with van der Waals surface area (Å²) in [6.07, 6.45) is 3.94. The number of aryl methyl sites for hydroxylation is 1. The van der Waals surface area contributed by atoms with Crippen LogP contribution in [-0.4, -0.2) is 38.9 Å². The molecule has 10 heteroatoms. The number of fused-ring (bicyclic) bond motifs is 2. The lowest BCUT2D eigenvalue weighted by molar-refractivity contribution is 0.101. The lowest BCUT2D eigenvalue weighted by atomic mass is 9.90. The summed E-state index contributed by atoms with van der Waals surface area (Å²) in [5, 5.41) is 7.74. The lowest BCUT2D eigenvalue weighted by Gasteiger charge is -2.30. The van der Waals surface area contributed by atoms with Crippen molar-refractivity contribution in [2.24, 2.45) is 16.5 Å². The number of benzene rings is 2. The zero-order valence-corrected chi connectivity index (χ0v) is 19.6. The average Bonchev–Trinajstić information content (AvgIpc) is 3.22. The van der Waals surface area contributed by atoms with Crippen LogP contribution in [0.1, 0.15) is 41.9 Å². The van der Waals surface area contributed by atoms with Crippen LogP contribution in [0.15, 0.2) is 47.5 Å². The van der Waals surface area contributed by atoms with Crippen LogP contribution in [0.25, 0.3) is 21.1 Å². The van der Waals surface area contributed by atoms with Gasteiger partial charge in [0.05, 0.1) is 27.8 Å². The Morgan fingerprint density at radius 2 is 1.88 bits per heavy atom. The molecule has 2 heterocycles. The molecule has 9 nitrogen and oxygen atoms in total. The summed E-state index contributed by atoms with van der Waals surface area (Å²) in [7, 11) is 0. The molecule has 0 aliphatic heterocycles. The fourth-order valence-electron chi connectivity index (χ4n) is 4.33. The Bertz CT molecular complexity index is 1360. The van der Waals surface area contributed by atoms with Crippen molar-refractivity contribution in [1.29, 1.82) is 0 Å². The first-order chi connectivity index (χ1) is 16.5. The topological polar surface area (TPSA) is 144 Å². The minimum atomic E-state index is -0.408. The maximum Gasteiger partial charge on any atom is 0.295 e. The van der Waals surface area contributed by atoms with Crippen LogP contribution in [0.2, 0.25) is 0 Å². The molecule has 1 aliphatic carbocycles. The molecule has 1 saturated carbocycles. The summed E-state index contributed by atoms with van der Waals surface area (Å²) in [6, 6.07) is 13.6. The van der Waals surface area contributed by atoms with Gasteiger partial charge in [-0.15, -0.1) is 0 Å². The lowest BCUT2D eigenvalue weighted by Crippen LogP contribution is -2.38. The second-order valence-corrected chi connectivity index (χ2v) is 9.54. The molecule has 0 saturated heterocycles. The van der Waals surface area contributed by atoms with E-state index in [-0.39, 0.29) is 23.9 Å². The van der Waals surface area contributed by atoms with Crippen LogP contribution in [-0.2, 0) is 0 Å². The maximum absolute atomic E-state index is 13.1. The van der Waals surface area contributed by atoms with Gasteiger partial charge in [0.25, 0.3) is 5.91 Å². The Labute approximate surface area is 200 Å². The molecule has 34 heavy (non-hydrogen) atoms. The molecule has 1 fully saturated rings. The normalized spacial score (nSPS) is 18.0. The highest BCUT2D eigenvalue weighted by molar-refractivity contribution is 7.22. The third-order valence-electron chi connectivity index (χ3n) is 5.94. The van der Waals surface area contributed by atoms with Crippen LogP contribution in [0, 0.1) is 6.92 Å². The molecule has 174 valence electrons. The van der Waals surface area contributed by atoms with Gasteiger partial charge in [-0.2, -0.15) is 0 Å². The largest absolute Gasteiger partial charge is 0.370 e. The van der Waals surface area contributed by atoms with Crippen molar-refractivity contribution in [3.8, 4) is 0 Å². The third kappa shape index (κ3) is 4.62. The third-order valence-corrected chi connectivity index (χ3v) is 6.89. The molecule has 0 bridgehead atoms. The van der Waals surface area contributed by atoms with Gasteiger partial charge in [0.2, 0.25) is 5.82 Å². The molecular weight excluding hydrogens is 448 g/mol. The fourth-order valence-corrected chi connectivity index (χ4v) is 5.19. The number of aliphatic imine (C=N–C) groups is 1. The van der Waals surface area contributed by atoms with E-state index >= 15 is 0 Å². The summed E-state index contributed by atoms with van der Waals surface area (Å²) in [5.41, 5.74) is 13.9. The Kier molecular flexibility index (Phi) is 5.97. The number of nitrogens with zero attached hydrogens (tertiary/aromatic N) is 4. The van der Waals surface area contributed by atoms with E-state index in [9.17, 15) is 4.79 Å². The number of hydrogen-bond donors (Lipinski definition) is 4. The highest BCUT2D eigenvalue weighted by Crippen LogP contribution is 2.29. The predicted octanol–water partition coefficient (Wildman–Crippen LogP) is 3.80. The van der Waals surface area contributed by atoms with E-state index in [0.717, 1.165) is 46.8 Å². The molecule has 2 aromatic heterocycles. The van der Waals surface area contributed by atoms with Crippen molar-refractivity contribution in [2.75, 3.05) is 10.6 Å². The quantitative estimate of drug-likeness (QED) is 0.254. The van der Waals surface area contributed by atoms with Gasteiger partial charge >= 0.3 is 0 Å². The van der Waals surface area contributed by atoms with E-state index in [1.54, 1.807) is 0 Å². The highest BCUT2D eigenvalue weighted by Gasteiger charge is 2.26. The van der Waals surface area contributed by atoms with E-state index in [0.29, 0.717) is 16.5 Å². The number of amides is 1. The molecule has 6 N–H and O–H groups in total. The number of hydrogen-bond acceptors (Lipinski definition) is 7. The number of thiazole rings is 1. The smallest absolute Gasteiger partial charge is 0.295 e. The van der Waals surface area contributed by atoms with E-state index in [1.807, 2.05) is 49.4 Å². The molecule has 2 atom stereocenters.